The summed E-state index contributed by atoms with van der Waals surface area (Å²) in [7, 11) is -4.95. The van der Waals surface area contributed by atoms with Gasteiger partial charge in [-0.05, 0) is 37.3 Å². The van der Waals surface area contributed by atoms with Gasteiger partial charge in [0.15, 0.2) is 0 Å². The number of halogens is 3. The van der Waals surface area contributed by atoms with Crippen LogP contribution in [0.4, 0.5) is 13.2 Å². The largest absolute Gasteiger partial charge is 0.350 e. The number of nitrogens with zero attached hydrogens (tertiary/aromatic N) is 2. The van der Waals surface area contributed by atoms with E-state index in [0.29, 0.717) is 24.0 Å². The number of likely N-dealkylation sites (tertiary alicyclic amines) is 1. The van der Waals surface area contributed by atoms with Crippen molar-refractivity contribution in [3.8, 4) is 17.2 Å². The van der Waals surface area contributed by atoms with E-state index < -0.39 is 50.9 Å². The molecule has 1 unspecified atom stereocenters. The van der Waals surface area contributed by atoms with Crippen molar-refractivity contribution >= 4 is 15.9 Å². The summed E-state index contributed by atoms with van der Waals surface area (Å²) >= 11 is 0. The van der Waals surface area contributed by atoms with Gasteiger partial charge in [0.1, 0.15) is 11.7 Å². The molecule has 2 fully saturated rings. The molecule has 1 aliphatic heterocycles. The Balaban J connectivity index is 1.74. The SMILES string of the molecule is CC(C#N)C(=O)N1CC2(CC2)[C@H](NS(=O)(=O)C(F)F)[C@@H]1Cc1cccc(-c2ccccc2)c1F. The normalized spacial score (nSPS) is 22.1. The van der Waals surface area contributed by atoms with Crippen molar-refractivity contribution < 1.29 is 26.4 Å². The van der Waals surface area contributed by atoms with Gasteiger partial charge >= 0.3 is 5.76 Å². The van der Waals surface area contributed by atoms with Crippen LogP contribution in [0, 0.1) is 28.5 Å². The predicted molar refractivity (Wildman–Crippen MR) is 119 cm³/mol. The molecule has 1 amide bonds. The van der Waals surface area contributed by atoms with Crippen LogP contribution in [0.5, 0.6) is 0 Å². The van der Waals surface area contributed by atoms with Gasteiger partial charge in [0, 0.05) is 23.6 Å². The van der Waals surface area contributed by atoms with Gasteiger partial charge in [-0.15, -0.1) is 0 Å². The van der Waals surface area contributed by atoms with E-state index in [9.17, 15) is 27.3 Å². The van der Waals surface area contributed by atoms with Crippen LogP contribution in [-0.4, -0.2) is 43.6 Å². The van der Waals surface area contributed by atoms with Crippen molar-refractivity contribution in [2.45, 2.75) is 44.0 Å². The van der Waals surface area contributed by atoms with Crippen molar-refractivity contribution in [2.24, 2.45) is 11.3 Å². The van der Waals surface area contributed by atoms with Gasteiger partial charge in [0.25, 0.3) is 10.0 Å². The molecule has 6 nitrogen and oxygen atoms in total. The Labute approximate surface area is 196 Å². The molecule has 2 aliphatic rings. The van der Waals surface area contributed by atoms with Crippen molar-refractivity contribution in [3.63, 3.8) is 0 Å². The number of alkyl halides is 2. The fraction of sp³-hybridized carbons (Fsp3) is 0.417. The van der Waals surface area contributed by atoms with Crippen LogP contribution in [0.25, 0.3) is 11.1 Å². The Bertz CT molecular complexity index is 1230. The highest BCUT2D eigenvalue weighted by molar-refractivity contribution is 7.89. The van der Waals surface area contributed by atoms with E-state index in [4.69, 9.17) is 0 Å². The first-order chi connectivity index (χ1) is 16.1. The highest BCUT2D eigenvalue weighted by Crippen LogP contribution is 2.56. The Morgan fingerprint density at radius 2 is 1.88 bits per heavy atom. The van der Waals surface area contributed by atoms with Crippen LogP contribution in [0.15, 0.2) is 48.5 Å². The van der Waals surface area contributed by atoms with Crippen LogP contribution in [0.2, 0.25) is 0 Å². The van der Waals surface area contributed by atoms with Gasteiger partial charge in [0.05, 0.1) is 12.1 Å². The van der Waals surface area contributed by atoms with Crippen molar-refractivity contribution in [3.05, 3.63) is 59.9 Å². The molecule has 2 aromatic rings. The summed E-state index contributed by atoms with van der Waals surface area (Å²) in [4.78, 5) is 14.4. The highest BCUT2D eigenvalue weighted by Gasteiger charge is 2.62. The van der Waals surface area contributed by atoms with Gasteiger partial charge in [-0.2, -0.15) is 14.0 Å². The minimum absolute atomic E-state index is 0.0887. The van der Waals surface area contributed by atoms with E-state index in [-0.39, 0.29) is 18.5 Å². The van der Waals surface area contributed by atoms with Crippen LogP contribution < -0.4 is 4.72 Å². The lowest BCUT2D eigenvalue weighted by Gasteiger charge is -2.30. The first kappa shape index (κ1) is 24.2. The van der Waals surface area contributed by atoms with Gasteiger partial charge in [-0.3, -0.25) is 4.79 Å². The molecule has 4 rings (SSSR count). The lowest BCUT2D eigenvalue weighted by molar-refractivity contribution is -0.134. The topological polar surface area (TPSA) is 90.3 Å². The van der Waals surface area contributed by atoms with Gasteiger partial charge in [-0.1, -0.05) is 48.5 Å². The molecule has 1 saturated heterocycles. The summed E-state index contributed by atoms with van der Waals surface area (Å²) in [6.07, 6.45) is 0.989. The number of rotatable bonds is 7. The molecule has 2 aromatic carbocycles. The van der Waals surface area contributed by atoms with Crippen molar-refractivity contribution in [1.82, 2.24) is 9.62 Å². The summed E-state index contributed by atoms with van der Waals surface area (Å²) in [6.45, 7) is 1.55. The zero-order chi connectivity index (χ0) is 24.7. The monoisotopic (exact) mass is 491 g/mol. The second-order valence-electron chi connectivity index (χ2n) is 9.00. The molecule has 0 aromatic heterocycles. The fourth-order valence-corrected chi connectivity index (χ4v) is 5.65. The first-order valence-corrected chi connectivity index (χ1v) is 12.5. The van der Waals surface area contributed by atoms with Crippen molar-refractivity contribution in [2.75, 3.05) is 6.54 Å². The standard InChI is InChI=1S/C24H24F3N3O3S/c1-15(13-28)22(31)30-14-24(10-11-24)21(29-34(32,33)23(26)27)19(30)12-17-8-5-9-18(20(17)25)16-6-3-2-4-7-16/h2-9,15,19,21,23,29H,10-12,14H2,1H3/t15?,19-,21+/m0/s1. The highest BCUT2D eigenvalue weighted by atomic mass is 32.2. The van der Waals surface area contributed by atoms with Crippen LogP contribution in [0.3, 0.4) is 0 Å². The van der Waals surface area contributed by atoms with Gasteiger partial charge in [0.2, 0.25) is 5.91 Å². The lowest BCUT2D eigenvalue weighted by atomic mass is 9.91. The summed E-state index contributed by atoms with van der Waals surface area (Å²) in [5, 5.41) is 9.25. The smallest absolute Gasteiger partial charge is 0.336 e. The molecule has 10 heteroatoms. The van der Waals surface area contributed by atoms with E-state index in [1.54, 1.807) is 42.5 Å². The quantitative estimate of drug-likeness (QED) is 0.640. The number of hydrogen-bond acceptors (Lipinski definition) is 4. The number of hydrogen-bond donors (Lipinski definition) is 1. The van der Waals surface area contributed by atoms with Crippen LogP contribution in [-0.2, 0) is 21.2 Å². The number of carbonyl (C=O) groups excluding carboxylic acids is 1. The number of nitriles is 1. The van der Waals surface area contributed by atoms with Gasteiger partial charge in [-0.25, -0.2) is 17.5 Å². The average molecular weight is 492 g/mol. The molecule has 1 spiro atoms. The minimum Gasteiger partial charge on any atom is -0.336 e. The number of benzene rings is 2. The Kier molecular flexibility index (Phi) is 6.44. The third-order valence-electron chi connectivity index (χ3n) is 6.79. The van der Waals surface area contributed by atoms with Crippen molar-refractivity contribution in [1.29, 1.82) is 5.26 Å². The third-order valence-corrected chi connectivity index (χ3v) is 7.84. The van der Waals surface area contributed by atoms with E-state index in [0.717, 1.165) is 0 Å². The molecule has 1 aliphatic carbocycles. The van der Waals surface area contributed by atoms with E-state index >= 15 is 4.39 Å². The first-order valence-electron chi connectivity index (χ1n) is 10.9. The zero-order valence-corrected chi connectivity index (χ0v) is 19.2. The van der Waals surface area contributed by atoms with Crippen LogP contribution in [0.1, 0.15) is 25.3 Å². The van der Waals surface area contributed by atoms with E-state index in [2.05, 4.69) is 4.72 Å². The molecule has 0 radical (unpaired) electrons. The Morgan fingerprint density at radius 3 is 2.47 bits per heavy atom. The Hall–Kier alpha value is -2.90. The molecular weight excluding hydrogens is 467 g/mol. The number of carbonyl (C=O) groups is 1. The second-order valence-corrected chi connectivity index (χ2v) is 10.7. The molecule has 180 valence electrons. The van der Waals surface area contributed by atoms with Gasteiger partial charge < -0.3 is 4.90 Å². The Morgan fingerprint density at radius 1 is 1.21 bits per heavy atom. The molecular formula is C24H24F3N3O3S. The summed E-state index contributed by atoms with van der Waals surface area (Å²) in [6, 6.07) is 13.6. The molecule has 1 saturated carbocycles. The zero-order valence-electron chi connectivity index (χ0n) is 18.4. The van der Waals surface area contributed by atoms with E-state index in [1.165, 1.54) is 17.9 Å². The predicted octanol–water partition coefficient (Wildman–Crippen LogP) is 3.70. The average Bonchev–Trinajstić information content (AvgIpc) is 3.55. The lowest BCUT2D eigenvalue weighted by Crippen LogP contribution is -2.51. The number of nitrogens with one attached hydrogen (secondary N) is 1. The number of sulfonamides is 1. The maximum Gasteiger partial charge on any atom is 0.350 e. The van der Waals surface area contributed by atoms with E-state index in [1.807, 2.05) is 6.07 Å². The molecule has 34 heavy (non-hydrogen) atoms. The van der Waals surface area contributed by atoms with Crippen LogP contribution >= 0.6 is 0 Å². The summed E-state index contributed by atoms with van der Waals surface area (Å²) < 4.78 is 68.2. The summed E-state index contributed by atoms with van der Waals surface area (Å²) in [5.74, 6) is -5.70. The number of amides is 1. The summed E-state index contributed by atoms with van der Waals surface area (Å²) in [5.41, 5.74) is 0.510. The third kappa shape index (κ3) is 4.42. The minimum atomic E-state index is -4.95. The maximum absolute atomic E-state index is 15.6. The second kappa shape index (κ2) is 9.04. The molecule has 1 N–H and O–H groups in total. The fourth-order valence-electron chi connectivity index (χ4n) is 4.78. The molecule has 0 bridgehead atoms. The maximum atomic E-state index is 15.6. The molecule has 1 heterocycles. The molecule has 3 atom stereocenters.